The van der Waals surface area contributed by atoms with Gasteiger partial charge in [-0.3, -0.25) is 5.73 Å². The number of aromatic carboxylic acids is 1. The van der Waals surface area contributed by atoms with E-state index in [1.165, 1.54) is 107 Å². The van der Waals surface area contributed by atoms with E-state index in [-0.39, 0.29) is 27.6 Å². The average Bonchev–Trinajstić information content (AvgIpc) is 2.85. The molecule has 7 heteroatoms. The second kappa shape index (κ2) is 18.3. The smallest absolute Gasteiger partial charge is 0.341 e. The average molecular weight is 555 g/mol. The molecule has 3 N–H and O–H groups in total. The van der Waals surface area contributed by atoms with Gasteiger partial charge >= 0.3 is 5.97 Å². The molecular formula is C30H45Cl2NO4. The van der Waals surface area contributed by atoms with E-state index in [2.05, 4.69) is 32.9 Å². The van der Waals surface area contributed by atoms with Crippen LogP contribution in [0.3, 0.4) is 0 Å². The van der Waals surface area contributed by atoms with Crippen LogP contribution in [-0.4, -0.2) is 24.4 Å². The van der Waals surface area contributed by atoms with E-state index in [4.69, 9.17) is 43.5 Å². The molecule has 0 aliphatic rings. The number of halogens is 2. The molecule has 1 atom stereocenters. The molecule has 0 saturated heterocycles. The number of rotatable bonds is 15. The highest BCUT2D eigenvalue weighted by Crippen LogP contribution is 2.33. The van der Waals surface area contributed by atoms with Gasteiger partial charge in [-0.25, -0.2) is 4.79 Å². The first kappa shape index (κ1) is 33.1. The fraction of sp³-hybridized carbons (Fsp3) is 0.567. The summed E-state index contributed by atoms with van der Waals surface area (Å²) in [6.07, 6.45) is 14.8. The van der Waals surface area contributed by atoms with Gasteiger partial charge in [-0.15, -0.1) is 0 Å². The molecule has 208 valence electrons. The number of ether oxygens (including phenoxy) is 2. The lowest BCUT2D eigenvalue weighted by Crippen LogP contribution is -2.23. The Morgan fingerprint density at radius 3 is 1.92 bits per heavy atom. The van der Waals surface area contributed by atoms with Crippen molar-refractivity contribution in [2.24, 2.45) is 5.73 Å². The summed E-state index contributed by atoms with van der Waals surface area (Å²) < 4.78 is 10.5. The van der Waals surface area contributed by atoms with E-state index in [0.29, 0.717) is 0 Å². The fourth-order valence-corrected chi connectivity index (χ4v) is 4.65. The highest BCUT2D eigenvalue weighted by atomic mass is 35.5. The zero-order valence-electron chi connectivity index (χ0n) is 23.2. The number of hydrogen-bond acceptors (Lipinski definition) is 4. The van der Waals surface area contributed by atoms with E-state index in [0.717, 1.165) is 5.75 Å². The molecule has 2 rings (SSSR count). The summed E-state index contributed by atoms with van der Waals surface area (Å²) in [7, 11) is 1.34. The van der Waals surface area contributed by atoms with Gasteiger partial charge in [0, 0.05) is 0 Å². The molecule has 0 bridgehead atoms. The molecule has 5 nitrogen and oxygen atoms in total. The van der Waals surface area contributed by atoms with Crippen LogP contribution in [0.1, 0.15) is 105 Å². The molecule has 0 heterocycles. The van der Waals surface area contributed by atoms with Crippen LogP contribution < -0.4 is 15.2 Å². The number of unbranched alkanes of at least 4 members (excludes halogenated alkanes) is 9. The molecule has 1 unspecified atom stereocenters. The van der Waals surface area contributed by atoms with Gasteiger partial charge in [-0.2, -0.15) is 0 Å². The quantitative estimate of drug-likeness (QED) is 0.169. The minimum atomic E-state index is -1.16. The first-order chi connectivity index (χ1) is 17.6. The van der Waals surface area contributed by atoms with E-state index in [9.17, 15) is 4.79 Å². The van der Waals surface area contributed by atoms with Crippen molar-refractivity contribution in [2.45, 2.75) is 105 Å². The van der Waals surface area contributed by atoms with Crippen molar-refractivity contribution in [3.8, 4) is 11.5 Å². The van der Waals surface area contributed by atoms with Crippen LogP contribution in [0.4, 0.5) is 0 Å². The third-order valence-electron chi connectivity index (χ3n) is 6.44. The van der Waals surface area contributed by atoms with Crippen molar-refractivity contribution in [2.75, 3.05) is 7.11 Å². The predicted molar refractivity (Wildman–Crippen MR) is 156 cm³/mol. The maximum Gasteiger partial charge on any atom is 0.341 e. The second-order valence-electron chi connectivity index (χ2n) is 9.47. The molecule has 0 radical (unpaired) electrons. The van der Waals surface area contributed by atoms with Gasteiger partial charge in [0.1, 0.15) is 17.5 Å². The summed E-state index contributed by atoms with van der Waals surface area (Å²) in [4.78, 5) is 10.7. The Balaban J connectivity index is 0.000000442. The highest BCUT2D eigenvalue weighted by Gasteiger charge is 2.18. The minimum absolute atomic E-state index is 0.0849. The van der Waals surface area contributed by atoms with Crippen LogP contribution in [0.15, 0.2) is 24.3 Å². The summed E-state index contributed by atoms with van der Waals surface area (Å²) >= 11 is 11.4. The van der Waals surface area contributed by atoms with Gasteiger partial charge in [0.2, 0.25) is 0 Å². The number of carbonyl (C=O) groups is 1. The molecule has 2 aromatic rings. The lowest BCUT2D eigenvalue weighted by molar-refractivity contribution is 0.0693. The van der Waals surface area contributed by atoms with E-state index in [1.54, 1.807) is 0 Å². The maximum absolute atomic E-state index is 10.7. The number of benzene rings is 2. The van der Waals surface area contributed by atoms with Gasteiger partial charge in [0.25, 0.3) is 0 Å². The molecule has 0 saturated carbocycles. The highest BCUT2D eigenvalue weighted by molar-refractivity contribution is 6.36. The molecule has 0 fully saturated rings. The van der Waals surface area contributed by atoms with Crippen LogP contribution in [-0.2, 0) is 6.42 Å². The number of carboxylic acid groups (broad SMARTS) is 1. The first-order valence-electron chi connectivity index (χ1n) is 13.4. The monoisotopic (exact) mass is 553 g/mol. The summed E-state index contributed by atoms with van der Waals surface area (Å²) in [6.45, 7) is 8.49. The molecule has 0 aliphatic heterocycles. The largest absolute Gasteiger partial charge is 0.494 e. The maximum atomic E-state index is 10.7. The first-order valence-corrected chi connectivity index (χ1v) is 14.2. The number of methoxy groups -OCH3 is 1. The lowest BCUT2D eigenvalue weighted by Gasteiger charge is -2.16. The van der Waals surface area contributed by atoms with Crippen LogP contribution in [0.25, 0.3) is 0 Å². The van der Waals surface area contributed by atoms with E-state index >= 15 is 0 Å². The summed E-state index contributed by atoms with van der Waals surface area (Å²) in [5.74, 6) is -0.152. The van der Waals surface area contributed by atoms with Gasteiger partial charge in [-0.05, 0) is 68.5 Å². The third kappa shape index (κ3) is 12.0. The zero-order chi connectivity index (χ0) is 27.8. The van der Waals surface area contributed by atoms with Crippen LogP contribution in [0.2, 0.25) is 10.0 Å². The Kier molecular flexibility index (Phi) is 16.4. The van der Waals surface area contributed by atoms with E-state index < -0.39 is 5.97 Å². The molecule has 0 amide bonds. The third-order valence-corrected chi connectivity index (χ3v) is 7.05. The SMILES string of the molecule is CCCCCCCCCCCCc1ccc(OC(C)N)c(C)c1C.COc1c(Cl)ccc(Cl)c1C(=O)O. The van der Waals surface area contributed by atoms with E-state index in [1.807, 2.05) is 6.92 Å². The van der Waals surface area contributed by atoms with Crippen molar-refractivity contribution in [3.63, 3.8) is 0 Å². The Bertz CT molecular complexity index is 963. The predicted octanol–water partition coefficient (Wildman–Crippen LogP) is 9.15. The Labute approximate surface area is 233 Å². The molecule has 2 aromatic carbocycles. The van der Waals surface area contributed by atoms with Gasteiger partial charge in [0.15, 0.2) is 5.75 Å². The summed E-state index contributed by atoms with van der Waals surface area (Å²) in [5.41, 5.74) is 9.68. The van der Waals surface area contributed by atoms with Crippen molar-refractivity contribution in [1.82, 2.24) is 0 Å². The molecule has 0 spiro atoms. The molecule has 37 heavy (non-hydrogen) atoms. The van der Waals surface area contributed by atoms with Crippen LogP contribution in [0.5, 0.6) is 11.5 Å². The number of aryl methyl sites for hydroxylation is 1. The number of nitrogens with two attached hydrogens (primary N) is 1. The van der Waals surface area contributed by atoms with Crippen molar-refractivity contribution < 1.29 is 19.4 Å². The Hall–Kier alpha value is -1.95. The standard InChI is InChI=1S/C22H39NO.C8H6Cl2O3/c1-5-6-7-8-9-10-11-12-13-14-15-21-16-17-22(24-20(4)23)19(3)18(21)2;1-13-7-5(10)3-2-4(9)6(7)8(11)12/h16-17,20H,5-15,23H2,1-4H3;2-3H,1H3,(H,11,12). The molecule has 0 aliphatic carbocycles. The summed E-state index contributed by atoms with van der Waals surface area (Å²) in [5, 5.41) is 9.11. The number of carboxylic acids is 1. The normalized spacial score (nSPS) is 11.5. The van der Waals surface area contributed by atoms with Gasteiger partial charge in [-0.1, -0.05) is 94.0 Å². The zero-order valence-corrected chi connectivity index (χ0v) is 24.7. The number of hydrogen-bond donors (Lipinski definition) is 2. The molecular weight excluding hydrogens is 509 g/mol. The lowest BCUT2D eigenvalue weighted by atomic mass is 9.97. The van der Waals surface area contributed by atoms with Crippen molar-refractivity contribution in [3.05, 3.63) is 56.6 Å². The van der Waals surface area contributed by atoms with Crippen LogP contribution in [0, 0.1) is 13.8 Å². The van der Waals surface area contributed by atoms with Gasteiger partial charge < -0.3 is 14.6 Å². The van der Waals surface area contributed by atoms with Crippen molar-refractivity contribution >= 4 is 29.2 Å². The fourth-order valence-electron chi connectivity index (χ4n) is 4.19. The second-order valence-corrected chi connectivity index (χ2v) is 10.3. The van der Waals surface area contributed by atoms with Crippen LogP contribution >= 0.6 is 23.2 Å². The van der Waals surface area contributed by atoms with Crippen molar-refractivity contribution in [1.29, 1.82) is 0 Å². The Morgan fingerprint density at radius 2 is 1.43 bits per heavy atom. The minimum Gasteiger partial charge on any atom is -0.494 e. The molecule has 0 aromatic heterocycles. The topological polar surface area (TPSA) is 81.8 Å². The van der Waals surface area contributed by atoms with Gasteiger partial charge in [0.05, 0.1) is 17.2 Å². The summed E-state index contributed by atoms with van der Waals surface area (Å²) in [6, 6.07) is 7.19. The Morgan fingerprint density at radius 1 is 0.892 bits per heavy atom.